The summed E-state index contributed by atoms with van der Waals surface area (Å²) in [7, 11) is 1.94. The van der Waals surface area contributed by atoms with Crippen LogP contribution in [-0.4, -0.2) is 60.0 Å². The molecule has 0 radical (unpaired) electrons. The molecule has 3 unspecified atom stereocenters. The highest BCUT2D eigenvalue weighted by atomic mass is 16.5. The molecule has 3 atom stereocenters. The van der Waals surface area contributed by atoms with Crippen molar-refractivity contribution in [3.63, 3.8) is 0 Å². The zero-order chi connectivity index (χ0) is 20.8. The average Bonchev–Trinajstić information content (AvgIpc) is 3.24. The number of rotatable bonds is 5. The van der Waals surface area contributed by atoms with Crippen LogP contribution in [0.5, 0.6) is 0 Å². The fourth-order valence-electron chi connectivity index (χ4n) is 4.32. The second-order valence-electron chi connectivity index (χ2n) is 8.05. The molecule has 2 fully saturated rings. The van der Waals surface area contributed by atoms with Crippen LogP contribution in [0.3, 0.4) is 0 Å². The predicted octanol–water partition coefficient (Wildman–Crippen LogP) is 2.93. The first-order valence-electron chi connectivity index (χ1n) is 11.0. The van der Waals surface area contributed by atoms with E-state index in [1.165, 1.54) is 5.56 Å². The van der Waals surface area contributed by atoms with Gasteiger partial charge in [-0.1, -0.05) is 30.3 Å². The van der Waals surface area contributed by atoms with Crippen LogP contribution in [0.25, 0.3) is 0 Å². The minimum atomic E-state index is 0.0198. The number of guanidine groups is 1. The summed E-state index contributed by atoms with van der Waals surface area (Å²) >= 11 is 0. The standard InChI is InChI=1S/C23H33N5O2/c1-3-24-23(28-11-13-29-21(17-28)20-15-26-27(2)16-20)25-14-19-10-7-12-30-22(19)18-8-5-4-6-9-18/h4-6,8-9,15-16,19,21-22H,3,7,10-14,17H2,1-2H3,(H,24,25). The van der Waals surface area contributed by atoms with Gasteiger partial charge >= 0.3 is 0 Å². The number of benzene rings is 1. The van der Waals surface area contributed by atoms with E-state index in [1.807, 2.05) is 24.1 Å². The third-order valence-electron chi connectivity index (χ3n) is 5.85. The monoisotopic (exact) mass is 411 g/mol. The van der Waals surface area contributed by atoms with Crippen LogP contribution in [-0.2, 0) is 16.5 Å². The fraction of sp³-hybridized carbons (Fsp3) is 0.565. The Morgan fingerprint density at radius 2 is 2.07 bits per heavy atom. The Morgan fingerprint density at radius 3 is 2.83 bits per heavy atom. The van der Waals surface area contributed by atoms with Crippen molar-refractivity contribution in [2.45, 2.75) is 32.0 Å². The molecule has 7 heteroatoms. The third-order valence-corrected chi connectivity index (χ3v) is 5.85. The van der Waals surface area contributed by atoms with Gasteiger partial charge in [0, 0.05) is 51.0 Å². The van der Waals surface area contributed by atoms with Gasteiger partial charge in [-0.15, -0.1) is 0 Å². The molecular weight excluding hydrogens is 378 g/mol. The lowest BCUT2D eigenvalue weighted by molar-refractivity contribution is -0.0255. The topological polar surface area (TPSA) is 63.9 Å². The van der Waals surface area contributed by atoms with Crippen LogP contribution < -0.4 is 5.32 Å². The lowest BCUT2D eigenvalue weighted by Crippen LogP contribution is -2.48. The summed E-state index contributed by atoms with van der Waals surface area (Å²) < 4.78 is 14.0. The third kappa shape index (κ3) is 5.02. The quantitative estimate of drug-likeness (QED) is 0.605. The van der Waals surface area contributed by atoms with Gasteiger partial charge in [0.05, 0.1) is 25.5 Å². The fourth-order valence-corrected chi connectivity index (χ4v) is 4.32. The zero-order valence-corrected chi connectivity index (χ0v) is 18.0. The van der Waals surface area contributed by atoms with Crippen LogP contribution in [0.2, 0.25) is 0 Å². The molecule has 0 aliphatic carbocycles. The van der Waals surface area contributed by atoms with Crippen molar-refractivity contribution in [2.75, 3.05) is 39.4 Å². The van der Waals surface area contributed by atoms with E-state index in [4.69, 9.17) is 14.5 Å². The van der Waals surface area contributed by atoms with Crippen molar-refractivity contribution in [1.29, 1.82) is 0 Å². The van der Waals surface area contributed by atoms with Gasteiger partial charge in [-0.3, -0.25) is 9.67 Å². The van der Waals surface area contributed by atoms with E-state index in [1.54, 1.807) is 0 Å². The molecule has 0 spiro atoms. The summed E-state index contributed by atoms with van der Waals surface area (Å²) in [5.41, 5.74) is 2.37. The lowest BCUT2D eigenvalue weighted by atomic mass is 9.89. The van der Waals surface area contributed by atoms with E-state index in [0.717, 1.165) is 57.2 Å². The normalized spacial score (nSPS) is 25.3. The Bertz CT molecular complexity index is 822. The second kappa shape index (κ2) is 10.1. The van der Waals surface area contributed by atoms with Crippen LogP contribution in [0.1, 0.15) is 43.1 Å². The molecule has 1 aromatic heterocycles. The number of nitrogens with zero attached hydrogens (tertiary/aromatic N) is 4. The molecule has 2 aromatic rings. The van der Waals surface area contributed by atoms with E-state index < -0.39 is 0 Å². The van der Waals surface area contributed by atoms with Crippen molar-refractivity contribution in [3.05, 3.63) is 53.9 Å². The molecule has 4 rings (SSSR count). The summed E-state index contributed by atoms with van der Waals surface area (Å²) in [4.78, 5) is 7.36. The Hall–Kier alpha value is -2.38. The van der Waals surface area contributed by atoms with Gasteiger partial charge < -0.3 is 19.7 Å². The van der Waals surface area contributed by atoms with Crippen LogP contribution in [0, 0.1) is 5.92 Å². The minimum Gasteiger partial charge on any atom is -0.373 e. The number of aryl methyl sites for hydroxylation is 1. The van der Waals surface area contributed by atoms with Gasteiger partial charge in [0.25, 0.3) is 0 Å². The van der Waals surface area contributed by atoms with Gasteiger partial charge in [0.1, 0.15) is 6.10 Å². The number of ether oxygens (including phenoxy) is 2. The maximum atomic E-state index is 6.16. The van der Waals surface area contributed by atoms with Crippen LogP contribution in [0.15, 0.2) is 47.7 Å². The van der Waals surface area contributed by atoms with E-state index in [9.17, 15) is 0 Å². The molecule has 0 saturated carbocycles. The van der Waals surface area contributed by atoms with Gasteiger partial charge in [-0.05, 0) is 25.3 Å². The lowest BCUT2D eigenvalue weighted by Gasteiger charge is -2.35. The van der Waals surface area contributed by atoms with Crippen LogP contribution >= 0.6 is 0 Å². The Morgan fingerprint density at radius 1 is 1.20 bits per heavy atom. The minimum absolute atomic E-state index is 0.0198. The largest absolute Gasteiger partial charge is 0.373 e. The van der Waals surface area contributed by atoms with Gasteiger partial charge in [-0.25, -0.2) is 0 Å². The maximum Gasteiger partial charge on any atom is 0.194 e. The Labute approximate surface area is 179 Å². The molecule has 3 heterocycles. The zero-order valence-electron chi connectivity index (χ0n) is 18.0. The first-order valence-corrected chi connectivity index (χ1v) is 11.0. The van der Waals surface area contributed by atoms with E-state index in [2.05, 4.69) is 52.6 Å². The molecule has 2 saturated heterocycles. The highest BCUT2D eigenvalue weighted by molar-refractivity contribution is 5.80. The van der Waals surface area contributed by atoms with E-state index in [0.29, 0.717) is 12.5 Å². The second-order valence-corrected chi connectivity index (χ2v) is 8.05. The van der Waals surface area contributed by atoms with Gasteiger partial charge in [-0.2, -0.15) is 5.10 Å². The van der Waals surface area contributed by atoms with Gasteiger partial charge in [0.2, 0.25) is 0 Å². The van der Waals surface area contributed by atoms with Crippen molar-refractivity contribution in [2.24, 2.45) is 18.0 Å². The van der Waals surface area contributed by atoms with Crippen molar-refractivity contribution >= 4 is 5.96 Å². The molecule has 30 heavy (non-hydrogen) atoms. The molecule has 162 valence electrons. The summed E-state index contributed by atoms with van der Waals surface area (Å²) in [6, 6.07) is 10.6. The molecule has 7 nitrogen and oxygen atoms in total. The smallest absolute Gasteiger partial charge is 0.194 e. The first-order chi connectivity index (χ1) is 14.7. The summed E-state index contributed by atoms with van der Waals surface area (Å²) in [5.74, 6) is 1.36. The molecule has 2 aliphatic rings. The summed E-state index contributed by atoms with van der Waals surface area (Å²) in [6.07, 6.45) is 6.31. The molecule has 0 amide bonds. The van der Waals surface area contributed by atoms with Gasteiger partial charge in [0.15, 0.2) is 5.96 Å². The predicted molar refractivity (Wildman–Crippen MR) is 117 cm³/mol. The highest BCUT2D eigenvalue weighted by Crippen LogP contribution is 2.33. The molecule has 1 N–H and O–H groups in total. The summed E-state index contributed by atoms with van der Waals surface area (Å²) in [5, 5.41) is 7.77. The van der Waals surface area contributed by atoms with Crippen molar-refractivity contribution in [1.82, 2.24) is 20.0 Å². The number of aromatic nitrogens is 2. The maximum absolute atomic E-state index is 6.16. The highest BCUT2D eigenvalue weighted by Gasteiger charge is 2.29. The first kappa shape index (κ1) is 20.9. The Kier molecular flexibility index (Phi) is 7.02. The average molecular weight is 412 g/mol. The number of morpholine rings is 1. The molecule has 1 aromatic carbocycles. The van der Waals surface area contributed by atoms with E-state index in [-0.39, 0.29) is 12.2 Å². The number of nitrogens with one attached hydrogen (secondary N) is 1. The molecule has 0 bridgehead atoms. The molecule has 2 aliphatic heterocycles. The van der Waals surface area contributed by atoms with Crippen LogP contribution in [0.4, 0.5) is 0 Å². The number of hydrogen-bond acceptors (Lipinski definition) is 4. The van der Waals surface area contributed by atoms with Crippen molar-refractivity contribution < 1.29 is 9.47 Å². The van der Waals surface area contributed by atoms with E-state index >= 15 is 0 Å². The SMILES string of the molecule is CCNC(=NCC1CCCOC1c1ccccc1)N1CCOC(c2cnn(C)c2)C1. The molecular formula is C23H33N5O2. The number of hydrogen-bond donors (Lipinski definition) is 1. The van der Waals surface area contributed by atoms with Crippen molar-refractivity contribution in [3.8, 4) is 0 Å². The Balaban J connectivity index is 1.46. The number of aliphatic imine (C=N–C) groups is 1. The summed E-state index contributed by atoms with van der Waals surface area (Å²) in [6.45, 7) is 6.85.